The molecule has 96 valence electrons. The third kappa shape index (κ3) is 3.21. The molecule has 0 aliphatic heterocycles. The van der Waals surface area contributed by atoms with Crippen LogP contribution in [0.4, 0.5) is 0 Å². The Balaban J connectivity index is 2.57. The van der Waals surface area contributed by atoms with Gasteiger partial charge in [-0.1, -0.05) is 39.5 Å². The van der Waals surface area contributed by atoms with Crippen LogP contribution in [0.25, 0.3) is 0 Å². The first-order chi connectivity index (χ1) is 7.68. The Morgan fingerprint density at radius 3 is 2.38 bits per heavy atom. The zero-order valence-electron chi connectivity index (χ0n) is 11.5. The van der Waals surface area contributed by atoms with Crippen LogP contribution in [0, 0.1) is 5.92 Å². The fraction of sp³-hybridized carbons (Fsp3) is 1.00. The minimum atomic E-state index is 0.122. The molecule has 0 heterocycles. The summed E-state index contributed by atoms with van der Waals surface area (Å²) < 4.78 is 5.87. The van der Waals surface area contributed by atoms with Crippen LogP contribution in [0.3, 0.4) is 0 Å². The first kappa shape index (κ1) is 14.0. The largest absolute Gasteiger partial charge is 0.377 e. The Bertz CT molecular complexity index is 187. The topological polar surface area (TPSA) is 21.3 Å². The molecule has 16 heavy (non-hydrogen) atoms. The number of ether oxygens (including phenoxy) is 1. The molecule has 0 aromatic rings. The summed E-state index contributed by atoms with van der Waals surface area (Å²) in [5.41, 5.74) is 0.122. The molecule has 1 aliphatic rings. The Kier molecular flexibility index (Phi) is 5.77. The van der Waals surface area contributed by atoms with E-state index in [1.807, 2.05) is 7.11 Å². The molecular weight excluding hydrogens is 198 g/mol. The van der Waals surface area contributed by atoms with Crippen molar-refractivity contribution in [1.29, 1.82) is 0 Å². The molecule has 0 bridgehead atoms. The van der Waals surface area contributed by atoms with E-state index in [2.05, 4.69) is 26.2 Å². The van der Waals surface area contributed by atoms with E-state index in [4.69, 9.17) is 4.74 Å². The first-order valence-corrected chi connectivity index (χ1v) is 6.91. The van der Waals surface area contributed by atoms with Gasteiger partial charge in [-0.3, -0.25) is 0 Å². The summed E-state index contributed by atoms with van der Waals surface area (Å²) in [6.45, 7) is 4.64. The maximum Gasteiger partial charge on any atom is 0.0830 e. The van der Waals surface area contributed by atoms with Crippen molar-refractivity contribution in [2.75, 3.05) is 14.2 Å². The summed E-state index contributed by atoms with van der Waals surface area (Å²) in [5, 5.41) is 3.50. The van der Waals surface area contributed by atoms with Gasteiger partial charge in [0.25, 0.3) is 0 Å². The molecule has 2 heteroatoms. The average molecular weight is 227 g/mol. The van der Waals surface area contributed by atoms with Crippen LogP contribution < -0.4 is 5.32 Å². The first-order valence-electron chi connectivity index (χ1n) is 6.91. The van der Waals surface area contributed by atoms with Crippen molar-refractivity contribution in [2.24, 2.45) is 5.92 Å². The van der Waals surface area contributed by atoms with E-state index >= 15 is 0 Å². The third-order valence-electron chi connectivity index (χ3n) is 4.26. The molecule has 0 spiro atoms. The standard InChI is InChI=1S/C14H29NO/c1-5-8-12(2)11-13(15-3)14(16-4)9-6-7-10-14/h12-13,15H,5-11H2,1-4H3. The highest BCUT2D eigenvalue weighted by Gasteiger charge is 2.41. The molecule has 0 aromatic carbocycles. The zero-order chi connectivity index (χ0) is 12.0. The Labute approximate surface area is 101 Å². The monoisotopic (exact) mass is 227 g/mol. The Morgan fingerprint density at radius 1 is 1.31 bits per heavy atom. The second-order valence-electron chi connectivity index (χ2n) is 5.45. The molecule has 1 saturated carbocycles. The molecular formula is C14H29NO. The third-order valence-corrected chi connectivity index (χ3v) is 4.26. The lowest BCUT2D eigenvalue weighted by Crippen LogP contribution is -2.49. The van der Waals surface area contributed by atoms with Gasteiger partial charge in [-0.25, -0.2) is 0 Å². The molecule has 2 unspecified atom stereocenters. The summed E-state index contributed by atoms with van der Waals surface area (Å²) in [6, 6.07) is 0.529. The van der Waals surface area contributed by atoms with Crippen molar-refractivity contribution in [3.8, 4) is 0 Å². The van der Waals surface area contributed by atoms with Crippen molar-refractivity contribution < 1.29 is 4.74 Å². The molecule has 1 rings (SSSR count). The highest BCUT2D eigenvalue weighted by Crippen LogP contribution is 2.37. The summed E-state index contributed by atoms with van der Waals surface area (Å²) >= 11 is 0. The lowest BCUT2D eigenvalue weighted by Gasteiger charge is -2.37. The van der Waals surface area contributed by atoms with Crippen molar-refractivity contribution in [3.63, 3.8) is 0 Å². The maximum atomic E-state index is 5.87. The van der Waals surface area contributed by atoms with E-state index in [9.17, 15) is 0 Å². The zero-order valence-corrected chi connectivity index (χ0v) is 11.5. The quantitative estimate of drug-likeness (QED) is 0.720. The molecule has 0 saturated heterocycles. The van der Waals surface area contributed by atoms with Crippen molar-refractivity contribution in [3.05, 3.63) is 0 Å². The van der Waals surface area contributed by atoms with Crippen molar-refractivity contribution in [2.45, 2.75) is 70.4 Å². The van der Waals surface area contributed by atoms with E-state index in [0.717, 1.165) is 5.92 Å². The summed E-state index contributed by atoms with van der Waals surface area (Å²) in [6.07, 6.45) is 8.98. The smallest absolute Gasteiger partial charge is 0.0830 e. The summed E-state index contributed by atoms with van der Waals surface area (Å²) in [4.78, 5) is 0. The summed E-state index contributed by atoms with van der Waals surface area (Å²) in [5.74, 6) is 0.801. The van der Waals surface area contributed by atoms with Crippen LogP contribution in [0.15, 0.2) is 0 Å². The van der Waals surface area contributed by atoms with Gasteiger partial charge in [-0.05, 0) is 32.2 Å². The molecule has 1 aliphatic carbocycles. The number of rotatable bonds is 7. The molecule has 0 aromatic heterocycles. The number of methoxy groups -OCH3 is 1. The van der Waals surface area contributed by atoms with E-state index in [-0.39, 0.29) is 5.60 Å². The lowest BCUT2D eigenvalue weighted by atomic mass is 9.84. The van der Waals surface area contributed by atoms with E-state index in [0.29, 0.717) is 6.04 Å². The number of likely N-dealkylation sites (N-methyl/N-ethyl adjacent to an activating group) is 1. The van der Waals surface area contributed by atoms with Gasteiger partial charge >= 0.3 is 0 Å². The van der Waals surface area contributed by atoms with Gasteiger partial charge in [-0.2, -0.15) is 0 Å². The van der Waals surface area contributed by atoms with Gasteiger partial charge < -0.3 is 10.1 Å². The van der Waals surface area contributed by atoms with Crippen LogP contribution >= 0.6 is 0 Å². The van der Waals surface area contributed by atoms with Crippen molar-refractivity contribution in [1.82, 2.24) is 5.32 Å². The minimum Gasteiger partial charge on any atom is -0.377 e. The Hall–Kier alpha value is -0.0800. The molecule has 2 nitrogen and oxygen atoms in total. The van der Waals surface area contributed by atoms with Crippen molar-refractivity contribution >= 4 is 0 Å². The normalized spacial score (nSPS) is 23.2. The number of nitrogens with one attached hydrogen (secondary N) is 1. The average Bonchev–Trinajstić information content (AvgIpc) is 2.76. The Morgan fingerprint density at radius 2 is 1.94 bits per heavy atom. The second kappa shape index (κ2) is 6.61. The number of hydrogen-bond donors (Lipinski definition) is 1. The second-order valence-corrected chi connectivity index (χ2v) is 5.45. The van der Waals surface area contributed by atoms with E-state index in [1.54, 1.807) is 0 Å². The van der Waals surface area contributed by atoms with E-state index in [1.165, 1.54) is 44.9 Å². The highest BCUT2D eigenvalue weighted by atomic mass is 16.5. The van der Waals surface area contributed by atoms with Crippen LogP contribution in [-0.4, -0.2) is 25.8 Å². The minimum absolute atomic E-state index is 0.122. The van der Waals surface area contributed by atoms with Gasteiger partial charge in [0, 0.05) is 13.2 Å². The van der Waals surface area contributed by atoms with E-state index < -0.39 is 0 Å². The van der Waals surface area contributed by atoms with Gasteiger partial charge in [0.05, 0.1) is 5.60 Å². The van der Waals surface area contributed by atoms with Crippen LogP contribution in [0.1, 0.15) is 58.8 Å². The molecule has 0 radical (unpaired) electrons. The fourth-order valence-electron chi connectivity index (χ4n) is 3.28. The van der Waals surface area contributed by atoms with Crippen LogP contribution in [-0.2, 0) is 4.74 Å². The molecule has 1 N–H and O–H groups in total. The van der Waals surface area contributed by atoms with Gasteiger partial charge in [0.1, 0.15) is 0 Å². The molecule has 1 fully saturated rings. The van der Waals surface area contributed by atoms with Gasteiger partial charge in [0.15, 0.2) is 0 Å². The molecule has 2 atom stereocenters. The highest BCUT2D eigenvalue weighted by molar-refractivity contribution is 4.96. The lowest BCUT2D eigenvalue weighted by molar-refractivity contribution is -0.0394. The van der Waals surface area contributed by atoms with Gasteiger partial charge in [0.2, 0.25) is 0 Å². The van der Waals surface area contributed by atoms with Gasteiger partial charge in [-0.15, -0.1) is 0 Å². The fourth-order valence-corrected chi connectivity index (χ4v) is 3.28. The summed E-state index contributed by atoms with van der Waals surface area (Å²) in [7, 11) is 3.97. The van der Waals surface area contributed by atoms with Crippen LogP contribution in [0.5, 0.6) is 0 Å². The number of hydrogen-bond acceptors (Lipinski definition) is 2. The predicted molar refractivity (Wildman–Crippen MR) is 69.7 cm³/mol. The predicted octanol–water partition coefficient (Wildman–Crippen LogP) is 3.36. The molecule has 0 amide bonds. The maximum absolute atomic E-state index is 5.87. The SMILES string of the molecule is CCCC(C)CC(NC)C1(OC)CCCC1. The van der Waals surface area contributed by atoms with Crippen LogP contribution in [0.2, 0.25) is 0 Å².